The van der Waals surface area contributed by atoms with Gasteiger partial charge in [-0.25, -0.2) is 13.1 Å². The minimum absolute atomic E-state index is 0.234. The van der Waals surface area contributed by atoms with E-state index in [4.69, 9.17) is 4.74 Å². The maximum atomic E-state index is 12.5. The van der Waals surface area contributed by atoms with Crippen LogP contribution in [0.15, 0.2) is 47.4 Å². The molecule has 0 unspecified atom stereocenters. The number of benzene rings is 2. The van der Waals surface area contributed by atoms with E-state index in [9.17, 15) is 8.42 Å². The molecule has 23 heavy (non-hydrogen) atoms. The van der Waals surface area contributed by atoms with Crippen molar-refractivity contribution in [2.75, 3.05) is 6.61 Å². The van der Waals surface area contributed by atoms with E-state index in [1.54, 1.807) is 24.3 Å². The smallest absolute Gasteiger partial charge is 0.241 e. The number of nitrogens with one attached hydrogen (secondary N) is 1. The summed E-state index contributed by atoms with van der Waals surface area (Å²) in [5, 5.41) is 0. The number of aryl methyl sites for hydroxylation is 2. The predicted octanol–water partition coefficient (Wildman–Crippen LogP) is 3.74. The van der Waals surface area contributed by atoms with Crippen LogP contribution in [0.2, 0.25) is 0 Å². The second-order valence-corrected chi connectivity index (χ2v) is 7.32. The molecule has 0 aliphatic heterocycles. The molecule has 0 radical (unpaired) electrons. The molecule has 0 heterocycles. The van der Waals surface area contributed by atoms with Crippen LogP contribution in [0.1, 0.15) is 36.6 Å². The molecule has 0 aliphatic carbocycles. The van der Waals surface area contributed by atoms with Crippen LogP contribution in [-0.4, -0.2) is 15.0 Å². The SMILES string of the molecule is CCOc1ccc(S(=O)(=O)N[C@H](C)c2ccc(C)cc2C)cc1. The number of sulfonamides is 1. The van der Waals surface area contributed by atoms with Crippen molar-refractivity contribution in [2.24, 2.45) is 0 Å². The van der Waals surface area contributed by atoms with Gasteiger partial charge in [0, 0.05) is 6.04 Å². The standard InChI is InChI=1S/C18H23NO3S/c1-5-22-16-7-9-17(10-8-16)23(20,21)19-15(4)18-11-6-13(2)12-14(18)3/h6-12,15,19H,5H2,1-4H3/t15-/m1/s1. The molecule has 124 valence electrons. The predicted molar refractivity (Wildman–Crippen MR) is 92.3 cm³/mol. The molecule has 1 atom stereocenters. The third kappa shape index (κ3) is 4.33. The summed E-state index contributed by atoms with van der Waals surface area (Å²) in [6.07, 6.45) is 0. The van der Waals surface area contributed by atoms with Gasteiger partial charge in [0.15, 0.2) is 0 Å². The molecule has 0 fully saturated rings. The van der Waals surface area contributed by atoms with E-state index in [0.717, 1.165) is 16.7 Å². The average Bonchev–Trinajstić information content (AvgIpc) is 2.47. The number of hydrogen-bond donors (Lipinski definition) is 1. The highest BCUT2D eigenvalue weighted by atomic mass is 32.2. The van der Waals surface area contributed by atoms with E-state index >= 15 is 0 Å². The van der Waals surface area contributed by atoms with E-state index in [1.807, 2.05) is 39.8 Å². The molecule has 0 saturated heterocycles. The molecule has 2 aromatic rings. The van der Waals surface area contributed by atoms with Crippen LogP contribution < -0.4 is 9.46 Å². The largest absolute Gasteiger partial charge is 0.494 e. The third-order valence-corrected chi connectivity index (χ3v) is 5.23. The summed E-state index contributed by atoms with van der Waals surface area (Å²) < 4.78 is 33.1. The van der Waals surface area contributed by atoms with E-state index in [1.165, 1.54) is 0 Å². The summed E-state index contributed by atoms with van der Waals surface area (Å²) >= 11 is 0. The first kappa shape index (κ1) is 17.5. The Labute approximate surface area is 138 Å². The fourth-order valence-corrected chi connectivity index (χ4v) is 3.78. The molecule has 2 rings (SSSR count). The Morgan fingerprint density at radius 3 is 2.30 bits per heavy atom. The second kappa shape index (κ2) is 7.15. The number of rotatable bonds is 6. The maximum absolute atomic E-state index is 12.5. The maximum Gasteiger partial charge on any atom is 0.241 e. The minimum atomic E-state index is -3.57. The van der Waals surface area contributed by atoms with Crippen LogP contribution in [0.25, 0.3) is 0 Å². The van der Waals surface area contributed by atoms with Crippen molar-refractivity contribution in [1.29, 1.82) is 0 Å². The van der Waals surface area contributed by atoms with Crippen molar-refractivity contribution in [3.63, 3.8) is 0 Å². The molecule has 5 heteroatoms. The lowest BCUT2D eigenvalue weighted by Gasteiger charge is -2.17. The van der Waals surface area contributed by atoms with Gasteiger partial charge in [-0.1, -0.05) is 23.8 Å². The lowest BCUT2D eigenvalue weighted by atomic mass is 10.0. The monoisotopic (exact) mass is 333 g/mol. The van der Waals surface area contributed by atoms with Crippen LogP contribution in [0, 0.1) is 13.8 Å². The average molecular weight is 333 g/mol. The molecular weight excluding hydrogens is 310 g/mol. The summed E-state index contributed by atoms with van der Waals surface area (Å²) in [6.45, 7) is 8.30. The lowest BCUT2D eigenvalue weighted by Crippen LogP contribution is -2.27. The van der Waals surface area contributed by atoms with Crippen molar-refractivity contribution >= 4 is 10.0 Å². The van der Waals surface area contributed by atoms with Gasteiger partial charge < -0.3 is 4.74 Å². The van der Waals surface area contributed by atoms with E-state index in [0.29, 0.717) is 12.4 Å². The van der Waals surface area contributed by atoms with E-state index < -0.39 is 10.0 Å². The lowest BCUT2D eigenvalue weighted by molar-refractivity contribution is 0.340. The van der Waals surface area contributed by atoms with Crippen molar-refractivity contribution in [3.8, 4) is 5.75 Å². The summed E-state index contributed by atoms with van der Waals surface area (Å²) in [5.74, 6) is 0.661. The zero-order chi connectivity index (χ0) is 17.0. The van der Waals surface area contributed by atoms with Gasteiger partial charge >= 0.3 is 0 Å². The van der Waals surface area contributed by atoms with Crippen molar-refractivity contribution < 1.29 is 13.2 Å². The van der Waals surface area contributed by atoms with Gasteiger partial charge in [-0.3, -0.25) is 0 Å². The van der Waals surface area contributed by atoms with Crippen LogP contribution in [0.3, 0.4) is 0 Å². The molecule has 0 bridgehead atoms. The molecule has 0 amide bonds. The number of ether oxygens (including phenoxy) is 1. The molecule has 4 nitrogen and oxygen atoms in total. The minimum Gasteiger partial charge on any atom is -0.494 e. The van der Waals surface area contributed by atoms with E-state index in [2.05, 4.69) is 10.8 Å². The van der Waals surface area contributed by atoms with Gasteiger partial charge in [-0.05, 0) is 63.1 Å². The first-order chi connectivity index (χ1) is 10.8. The zero-order valence-corrected chi connectivity index (χ0v) is 14.8. The van der Waals surface area contributed by atoms with Crippen molar-refractivity contribution in [3.05, 3.63) is 59.2 Å². The molecule has 0 aliphatic rings. The Bertz CT molecular complexity index is 767. The Kier molecular flexibility index (Phi) is 5.44. The van der Waals surface area contributed by atoms with Gasteiger partial charge in [0.2, 0.25) is 10.0 Å². The fourth-order valence-electron chi connectivity index (χ4n) is 2.56. The first-order valence-electron chi connectivity index (χ1n) is 7.66. The van der Waals surface area contributed by atoms with Crippen LogP contribution >= 0.6 is 0 Å². The highest BCUT2D eigenvalue weighted by Crippen LogP contribution is 2.22. The Balaban J connectivity index is 2.19. The third-order valence-electron chi connectivity index (χ3n) is 3.67. The molecule has 1 N–H and O–H groups in total. The van der Waals surface area contributed by atoms with Gasteiger partial charge in [-0.15, -0.1) is 0 Å². The van der Waals surface area contributed by atoms with Crippen molar-refractivity contribution in [1.82, 2.24) is 4.72 Å². The topological polar surface area (TPSA) is 55.4 Å². The normalized spacial score (nSPS) is 12.9. The molecule has 2 aromatic carbocycles. The molecular formula is C18H23NO3S. The van der Waals surface area contributed by atoms with Crippen LogP contribution in [0.5, 0.6) is 5.75 Å². The summed E-state index contributed by atoms with van der Waals surface area (Å²) in [4.78, 5) is 0.234. The highest BCUT2D eigenvalue weighted by Gasteiger charge is 2.19. The first-order valence-corrected chi connectivity index (χ1v) is 9.14. The van der Waals surface area contributed by atoms with Crippen molar-refractivity contribution in [2.45, 2.75) is 38.6 Å². The van der Waals surface area contributed by atoms with Gasteiger partial charge in [0.05, 0.1) is 11.5 Å². The number of hydrogen-bond acceptors (Lipinski definition) is 3. The Morgan fingerprint density at radius 2 is 1.74 bits per heavy atom. The van der Waals surface area contributed by atoms with E-state index in [-0.39, 0.29) is 10.9 Å². The fraction of sp³-hybridized carbons (Fsp3) is 0.333. The Hall–Kier alpha value is -1.85. The summed E-state index contributed by atoms with van der Waals surface area (Å²) in [7, 11) is -3.57. The second-order valence-electron chi connectivity index (χ2n) is 5.61. The molecule has 0 spiro atoms. The van der Waals surface area contributed by atoms with Crippen LogP contribution in [-0.2, 0) is 10.0 Å². The van der Waals surface area contributed by atoms with Gasteiger partial charge in [0.1, 0.15) is 5.75 Å². The summed E-state index contributed by atoms with van der Waals surface area (Å²) in [6, 6.07) is 12.2. The molecule has 0 aromatic heterocycles. The zero-order valence-electron chi connectivity index (χ0n) is 14.0. The van der Waals surface area contributed by atoms with Gasteiger partial charge in [0.25, 0.3) is 0 Å². The Morgan fingerprint density at radius 1 is 1.09 bits per heavy atom. The highest BCUT2D eigenvalue weighted by molar-refractivity contribution is 7.89. The van der Waals surface area contributed by atoms with Gasteiger partial charge in [-0.2, -0.15) is 0 Å². The quantitative estimate of drug-likeness (QED) is 0.876. The molecule has 0 saturated carbocycles. The van der Waals surface area contributed by atoms with Crippen LogP contribution in [0.4, 0.5) is 0 Å². The summed E-state index contributed by atoms with van der Waals surface area (Å²) in [5.41, 5.74) is 3.21.